The van der Waals surface area contributed by atoms with Gasteiger partial charge in [-0.05, 0) is 114 Å². The number of carbonyl (C=O) groups excluding carboxylic acids is 1. The molecule has 0 aromatic heterocycles. The first-order chi connectivity index (χ1) is 17.5. The molecular weight excluding hydrogens is 509 g/mol. The van der Waals surface area contributed by atoms with Crippen LogP contribution >= 0.6 is 23.5 Å². The first-order valence-corrected chi connectivity index (χ1v) is 17.3. The zero-order valence-corrected chi connectivity index (χ0v) is 28.0. The topological polar surface area (TPSA) is 30.0 Å². The van der Waals surface area contributed by atoms with Crippen molar-refractivity contribution in [3.05, 3.63) is 0 Å². The van der Waals surface area contributed by atoms with Crippen LogP contribution in [0.15, 0.2) is 0 Å². The minimum atomic E-state index is -0.146. The molecule has 0 radical (unpaired) electrons. The molecule has 0 saturated carbocycles. The molecule has 4 fully saturated rings. The van der Waals surface area contributed by atoms with Crippen molar-refractivity contribution >= 4 is 29.4 Å². The Hall–Kier alpha value is 0.0500. The standard InChI is InChI=1S/C31H58N4OS2/c1-24(2)32-17-12-30(13-18-32)34(16-11-21-37-30)29(9,10)23-25-22-26(36)35(28(6,7)8)31(38-25)14-19-33(20-15-31)27(3,4)5/h24-25H,11-23H2,1-10H3. The van der Waals surface area contributed by atoms with Gasteiger partial charge < -0.3 is 9.80 Å². The molecule has 4 aliphatic heterocycles. The molecule has 1 amide bonds. The Kier molecular flexibility index (Phi) is 9.00. The second-order valence-corrected chi connectivity index (χ2v) is 18.5. The Morgan fingerprint density at radius 1 is 0.842 bits per heavy atom. The lowest BCUT2D eigenvalue weighted by atomic mass is 9.87. The van der Waals surface area contributed by atoms with Gasteiger partial charge in [0.25, 0.3) is 0 Å². The SMILES string of the molecule is CC(C)N1CCC2(CC1)SCCCN2C(C)(C)CC1CC(=O)N(C(C)(C)C)C2(CCN(C(C)(C)C)CC2)S1. The highest BCUT2D eigenvalue weighted by atomic mass is 32.2. The van der Waals surface area contributed by atoms with E-state index in [9.17, 15) is 4.79 Å². The molecule has 4 saturated heterocycles. The molecule has 0 N–H and O–H groups in total. The van der Waals surface area contributed by atoms with E-state index in [1.165, 1.54) is 44.6 Å². The Morgan fingerprint density at radius 3 is 1.95 bits per heavy atom. The van der Waals surface area contributed by atoms with E-state index in [4.69, 9.17) is 0 Å². The summed E-state index contributed by atoms with van der Waals surface area (Å²) >= 11 is 4.41. The van der Waals surface area contributed by atoms with Crippen LogP contribution in [0.1, 0.15) is 114 Å². The average molecular weight is 567 g/mol. The fourth-order valence-corrected chi connectivity index (χ4v) is 11.8. The van der Waals surface area contributed by atoms with E-state index in [1.807, 2.05) is 0 Å². The van der Waals surface area contributed by atoms with Crippen LogP contribution in [0.2, 0.25) is 0 Å². The highest BCUT2D eigenvalue weighted by Gasteiger charge is 2.54. The van der Waals surface area contributed by atoms with Crippen molar-refractivity contribution in [1.29, 1.82) is 0 Å². The Bertz CT molecular complexity index is 830. The van der Waals surface area contributed by atoms with Crippen molar-refractivity contribution < 1.29 is 4.79 Å². The lowest BCUT2D eigenvalue weighted by molar-refractivity contribution is -0.144. The first kappa shape index (κ1) is 31.0. The van der Waals surface area contributed by atoms with Gasteiger partial charge in [-0.25, -0.2) is 0 Å². The van der Waals surface area contributed by atoms with Crippen molar-refractivity contribution in [3.8, 4) is 0 Å². The third kappa shape index (κ3) is 6.27. The number of hydrogen-bond acceptors (Lipinski definition) is 6. The van der Waals surface area contributed by atoms with Crippen LogP contribution in [-0.2, 0) is 4.79 Å². The van der Waals surface area contributed by atoms with Gasteiger partial charge in [-0.15, -0.1) is 23.5 Å². The number of carbonyl (C=O) groups is 1. The van der Waals surface area contributed by atoms with Crippen LogP contribution < -0.4 is 0 Å². The van der Waals surface area contributed by atoms with Crippen LogP contribution in [0.5, 0.6) is 0 Å². The maximum Gasteiger partial charge on any atom is 0.225 e. The van der Waals surface area contributed by atoms with Crippen LogP contribution in [0.4, 0.5) is 0 Å². The summed E-state index contributed by atoms with van der Waals surface area (Å²) < 4.78 is 0. The van der Waals surface area contributed by atoms with E-state index in [-0.39, 0.29) is 26.4 Å². The number of thioether (sulfide) groups is 2. The van der Waals surface area contributed by atoms with E-state index < -0.39 is 0 Å². The van der Waals surface area contributed by atoms with Crippen LogP contribution in [0.3, 0.4) is 0 Å². The lowest BCUT2D eigenvalue weighted by Gasteiger charge is -2.60. The van der Waals surface area contributed by atoms with Crippen LogP contribution in [0.25, 0.3) is 0 Å². The second-order valence-electron chi connectivity index (χ2n) is 15.4. The van der Waals surface area contributed by atoms with Crippen molar-refractivity contribution in [3.63, 3.8) is 0 Å². The Balaban J connectivity index is 1.53. The van der Waals surface area contributed by atoms with Gasteiger partial charge in [0.15, 0.2) is 0 Å². The molecule has 0 aromatic carbocycles. The largest absolute Gasteiger partial charge is 0.323 e. The molecule has 1 unspecified atom stereocenters. The monoisotopic (exact) mass is 566 g/mol. The fourth-order valence-electron chi connectivity index (χ4n) is 7.98. The minimum absolute atomic E-state index is 0.0764. The van der Waals surface area contributed by atoms with Crippen LogP contribution in [0, 0.1) is 0 Å². The molecule has 2 spiro atoms. The molecule has 4 aliphatic rings. The summed E-state index contributed by atoms with van der Waals surface area (Å²) in [6.45, 7) is 29.1. The highest BCUT2D eigenvalue weighted by molar-refractivity contribution is 8.01. The third-order valence-corrected chi connectivity index (χ3v) is 13.1. The molecule has 1 atom stereocenters. The highest BCUT2D eigenvalue weighted by Crippen LogP contribution is 2.53. The maximum absolute atomic E-state index is 13.9. The summed E-state index contributed by atoms with van der Waals surface area (Å²) in [6.07, 6.45) is 7.74. The second kappa shape index (κ2) is 11.0. The number of piperidine rings is 2. The van der Waals surface area contributed by atoms with Gasteiger partial charge in [0, 0.05) is 67.1 Å². The van der Waals surface area contributed by atoms with Gasteiger partial charge in [-0.2, -0.15) is 0 Å². The van der Waals surface area contributed by atoms with Crippen LogP contribution in [-0.4, -0.2) is 102 Å². The van der Waals surface area contributed by atoms with E-state index in [1.54, 1.807) is 0 Å². The summed E-state index contributed by atoms with van der Waals surface area (Å²) in [6, 6.07) is 0.638. The zero-order valence-electron chi connectivity index (χ0n) is 26.4. The van der Waals surface area contributed by atoms with Crippen molar-refractivity contribution in [1.82, 2.24) is 19.6 Å². The van der Waals surface area contributed by atoms with E-state index in [0.29, 0.717) is 23.6 Å². The van der Waals surface area contributed by atoms with E-state index in [0.717, 1.165) is 32.4 Å². The number of likely N-dealkylation sites (tertiary alicyclic amines) is 2. The molecule has 0 aliphatic carbocycles. The summed E-state index contributed by atoms with van der Waals surface area (Å²) in [5, 5.41) is 0.386. The third-order valence-electron chi connectivity index (χ3n) is 9.77. The summed E-state index contributed by atoms with van der Waals surface area (Å²) in [7, 11) is 0. The van der Waals surface area contributed by atoms with Gasteiger partial charge >= 0.3 is 0 Å². The summed E-state index contributed by atoms with van der Waals surface area (Å²) in [5.74, 6) is 1.67. The number of nitrogens with zero attached hydrogens (tertiary/aromatic N) is 4. The van der Waals surface area contributed by atoms with E-state index in [2.05, 4.69) is 112 Å². The molecule has 220 valence electrons. The molecule has 4 heterocycles. The maximum atomic E-state index is 13.9. The van der Waals surface area contributed by atoms with Gasteiger partial charge in [0.2, 0.25) is 5.91 Å². The molecule has 38 heavy (non-hydrogen) atoms. The summed E-state index contributed by atoms with van der Waals surface area (Å²) in [4.78, 5) is 24.6. The Morgan fingerprint density at radius 2 is 1.42 bits per heavy atom. The quantitative estimate of drug-likeness (QED) is 0.385. The van der Waals surface area contributed by atoms with Gasteiger partial charge in [-0.3, -0.25) is 14.6 Å². The molecule has 0 bridgehead atoms. The average Bonchev–Trinajstić information content (AvgIpc) is 2.77. The lowest BCUT2D eigenvalue weighted by Crippen LogP contribution is -2.67. The predicted octanol–water partition coefficient (Wildman–Crippen LogP) is 6.52. The van der Waals surface area contributed by atoms with Gasteiger partial charge in [0.05, 0.1) is 9.74 Å². The molecule has 4 rings (SSSR count). The molecular formula is C31H58N4OS2. The fraction of sp³-hybridized carbons (Fsp3) is 0.968. The zero-order chi connectivity index (χ0) is 28.1. The number of hydrogen-bond donors (Lipinski definition) is 0. The van der Waals surface area contributed by atoms with Crippen molar-refractivity contribution in [2.45, 2.75) is 152 Å². The number of rotatable bonds is 4. The van der Waals surface area contributed by atoms with Gasteiger partial charge in [-0.1, -0.05) is 0 Å². The summed E-state index contributed by atoms with van der Waals surface area (Å²) in [5.41, 5.74) is 0.124. The molecule has 0 aromatic rings. The van der Waals surface area contributed by atoms with Crippen molar-refractivity contribution in [2.24, 2.45) is 0 Å². The normalized spacial score (nSPS) is 28.6. The van der Waals surface area contributed by atoms with Gasteiger partial charge in [0.1, 0.15) is 0 Å². The molecule has 7 heteroatoms. The smallest absolute Gasteiger partial charge is 0.225 e. The van der Waals surface area contributed by atoms with Crippen molar-refractivity contribution in [2.75, 3.05) is 38.5 Å². The molecule has 5 nitrogen and oxygen atoms in total. The Labute approximate surface area is 243 Å². The number of amides is 1. The van der Waals surface area contributed by atoms with E-state index >= 15 is 0 Å². The minimum Gasteiger partial charge on any atom is -0.323 e. The predicted molar refractivity (Wildman–Crippen MR) is 167 cm³/mol. The first-order valence-electron chi connectivity index (χ1n) is 15.4.